The highest BCUT2D eigenvalue weighted by Gasteiger charge is 2.27. The molecular formula is C13H22F3N3O. The molecule has 116 valence electrons. The zero-order chi connectivity index (χ0) is 15.0. The van der Waals surface area contributed by atoms with Gasteiger partial charge in [0.05, 0.1) is 5.69 Å². The minimum Gasteiger partial charge on any atom is -0.372 e. The Kier molecular flexibility index (Phi) is 7.01. The molecule has 1 rings (SSSR count). The van der Waals surface area contributed by atoms with Crippen molar-refractivity contribution < 1.29 is 17.9 Å². The number of alkyl halides is 3. The predicted molar refractivity (Wildman–Crippen MR) is 70.5 cm³/mol. The second-order valence-corrected chi connectivity index (χ2v) is 4.79. The van der Waals surface area contributed by atoms with Crippen molar-refractivity contribution in [2.45, 2.75) is 38.4 Å². The number of hydrogen-bond acceptors (Lipinski definition) is 3. The van der Waals surface area contributed by atoms with Gasteiger partial charge in [0, 0.05) is 32.3 Å². The van der Waals surface area contributed by atoms with Gasteiger partial charge < -0.3 is 10.1 Å². The van der Waals surface area contributed by atoms with Gasteiger partial charge in [-0.25, -0.2) is 0 Å². The summed E-state index contributed by atoms with van der Waals surface area (Å²) in [6.07, 6.45) is -0.204. The molecule has 4 nitrogen and oxygen atoms in total. The molecule has 1 atom stereocenters. The van der Waals surface area contributed by atoms with E-state index in [0.29, 0.717) is 12.8 Å². The molecule has 20 heavy (non-hydrogen) atoms. The normalized spacial score (nSPS) is 13.7. The van der Waals surface area contributed by atoms with Crippen LogP contribution in [-0.4, -0.2) is 41.8 Å². The third-order valence-corrected chi connectivity index (χ3v) is 2.78. The first-order valence-corrected chi connectivity index (χ1v) is 6.77. The van der Waals surface area contributed by atoms with Crippen LogP contribution in [0.25, 0.3) is 0 Å². The Morgan fingerprint density at radius 1 is 1.45 bits per heavy atom. The van der Waals surface area contributed by atoms with Crippen LogP contribution in [0.5, 0.6) is 0 Å². The van der Waals surface area contributed by atoms with E-state index in [1.165, 1.54) is 0 Å². The molecule has 1 N–H and O–H groups in total. The maximum absolute atomic E-state index is 12.0. The highest BCUT2D eigenvalue weighted by Crippen LogP contribution is 2.14. The lowest BCUT2D eigenvalue weighted by atomic mass is 10.1. The first kappa shape index (κ1) is 17.0. The Labute approximate surface area is 117 Å². The van der Waals surface area contributed by atoms with E-state index in [4.69, 9.17) is 0 Å². The van der Waals surface area contributed by atoms with Crippen LogP contribution in [0.15, 0.2) is 12.3 Å². The fourth-order valence-corrected chi connectivity index (χ4v) is 1.86. The average Bonchev–Trinajstić information content (AvgIpc) is 2.75. The lowest BCUT2D eigenvalue weighted by Gasteiger charge is -2.18. The van der Waals surface area contributed by atoms with E-state index in [2.05, 4.69) is 15.2 Å². The summed E-state index contributed by atoms with van der Waals surface area (Å²) in [5.74, 6) is 0. The number of rotatable bonds is 9. The van der Waals surface area contributed by atoms with Crippen molar-refractivity contribution in [1.82, 2.24) is 15.1 Å². The molecule has 0 aliphatic rings. The van der Waals surface area contributed by atoms with Gasteiger partial charge in [0.15, 0.2) is 0 Å². The molecule has 0 spiro atoms. The number of hydrogen-bond donors (Lipinski definition) is 1. The average molecular weight is 293 g/mol. The smallest absolute Gasteiger partial charge is 0.372 e. The van der Waals surface area contributed by atoms with Gasteiger partial charge in [-0.05, 0) is 25.5 Å². The van der Waals surface area contributed by atoms with Crippen molar-refractivity contribution in [3.63, 3.8) is 0 Å². The van der Waals surface area contributed by atoms with E-state index >= 15 is 0 Å². The summed E-state index contributed by atoms with van der Waals surface area (Å²) < 4.78 is 42.3. The molecule has 0 bridgehead atoms. The van der Waals surface area contributed by atoms with Crippen molar-refractivity contribution in [2.24, 2.45) is 7.05 Å². The van der Waals surface area contributed by atoms with Crippen molar-refractivity contribution >= 4 is 0 Å². The van der Waals surface area contributed by atoms with Crippen LogP contribution in [0.1, 0.15) is 25.5 Å². The molecule has 7 heteroatoms. The molecule has 1 unspecified atom stereocenters. The Balaban J connectivity index is 2.35. The number of nitrogens with one attached hydrogen (secondary N) is 1. The fraction of sp³-hybridized carbons (Fsp3) is 0.769. The molecule has 0 fully saturated rings. The van der Waals surface area contributed by atoms with E-state index in [0.717, 1.165) is 18.7 Å². The second-order valence-electron chi connectivity index (χ2n) is 4.79. The summed E-state index contributed by atoms with van der Waals surface area (Å²) in [6, 6.07) is 2.00. The zero-order valence-electron chi connectivity index (χ0n) is 11.9. The van der Waals surface area contributed by atoms with Crippen molar-refractivity contribution in [1.29, 1.82) is 0 Å². The quantitative estimate of drug-likeness (QED) is 0.710. The highest BCUT2D eigenvalue weighted by atomic mass is 19.4. The van der Waals surface area contributed by atoms with Crippen molar-refractivity contribution in [3.8, 4) is 0 Å². The molecule has 1 aromatic heterocycles. The summed E-state index contributed by atoms with van der Waals surface area (Å²) in [4.78, 5) is 0. The number of aryl methyl sites for hydroxylation is 1. The van der Waals surface area contributed by atoms with E-state index in [1.807, 2.05) is 26.2 Å². The molecule has 0 aromatic carbocycles. The Bertz CT molecular complexity index is 379. The van der Waals surface area contributed by atoms with Crippen LogP contribution in [-0.2, 0) is 18.2 Å². The Morgan fingerprint density at radius 3 is 2.75 bits per heavy atom. The SMILES string of the molecule is CCCNC(CCOCC(F)(F)F)Cc1ccn(C)n1. The third kappa shape index (κ3) is 7.49. The maximum atomic E-state index is 12.0. The lowest BCUT2D eigenvalue weighted by molar-refractivity contribution is -0.174. The Hall–Kier alpha value is -1.08. The lowest BCUT2D eigenvalue weighted by Crippen LogP contribution is -2.33. The topological polar surface area (TPSA) is 39.1 Å². The van der Waals surface area contributed by atoms with Gasteiger partial charge in [0.2, 0.25) is 0 Å². The second kappa shape index (κ2) is 8.26. The van der Waals surface area contributed by atoms with Gasteiger partial charge in [-0.3, -0.25) is 4.68 Å². The summed E-state index contributed by atoms with van der Waals surface area (Å²) in [7, 11) is 1.84. The summed E-state index contributed by atoms with van der Waals surface area (Å²) >= 11 is 0. The van der Waals surface area contributed by atoms with E-state index in [-0.39, 0.29) is 12.6 Å². The van der Waals surface area contributed by atoms with E-state index < -0.39 is 12.8 Å². The molecule has 0 saturated carbocycles. The maximum Gasteiger partial charge on any atom is 0.411 e. The van der Waals surface area contributed by atoms with Crippen LogP contribution in [0, 0.1) is 0 Å². The van der Waals surface area contributed by atoms with Crippen LogP contribution in [0.3, 0.4) is 0 Å². The molecule has 1 heterocycles. The van der Waals surface area contributed by atoms with Crippen LogP contribution in [0.4, 0.5) is 13.2 Å². The molecule has 0 saturated heterocycles. The zero-order valence-corrected chi connectivity index (χ0v) is 11.9. The first-order chi connectivity index (χ1) is 9.40. The van der Waals surface area contributed by atoms with Gasteiger partial charge in [-0.1, -0.05) is 6.92 Å². The molecule has 0 amide bonds. The standard InChI is InChI=1S/C13H22F3N3O/c1-3-6-17-11(5-8-20-10-13(14,15)16)9-12-4-7-19(2)18-12/h4,7,11,17H,3,5-6,8-10H2,1-2H3. The van der Waals surface area contributed by atoms with Gasteiger partial charge in [-0.15, -0.1) is 0 Å². The predicted octanol–water partition coefficient (Wildman–Crippen LogP) is 2.30. The molecule has 0 aliphatic heterocycles. The minimum atomic E-state index is -4.26. The monoisotopic (exact) mass is 293 g/mol. The first-order valence-electron chi connectivity index (χ1n) is 6.77. The largest absolute Gasteiger partial charge is 0.411 e. The molecular weight excluding hydrogens is 271 g/mol. The number of ether oxygens (including phenoxy) is 1. The molecule has 1 aromatic rings. The Morgan fingerprint density at radius 2 is 2.20 bits per heavy atom. The fourth-order valence-electron chi connectivity index (χ4n) is 1.86. The van der Waals surface area contributed by atoms with Crippen LogP contribution >= 0.6 is 0 Å². The number of aromatic nitrogens is 2. The summed E-state index contributed by atoms with van der Waals surface area (Å²) in [6.45, 7) is 1.78. The van der Waals surface area contributed by atoms with Crippen LogP contribution < -0.4 is 5.32 Å². The summed E-state index contributed by atoms with van der Waals surface area (Å²) in [5, 5.41) is 7.60. The van der Waals surface area contributed by atoms with Crippen molar-refractivity contribution in [3.05, 3.63) is 18.0 Å². The van der Waals surface area contributed by atoms with Gasteiger partial charge >= 0.3 is 6.18 Å². The third-order valence-electron chi connectivity index (χ3n) is 2.78. The van der Waals surface area contributed by atoms with Gasteiger partial charge in [0.1, 0.15) is 6.61 Å². The minimum absolute atomic E-state index is 0.0816. The molecule has 0 radical (unpaired) electrons. The number of halogens is 3. The van der Waals surface area contributed by atoms with E-state index in [9.17, 15) is 13.2 Å². The molecule has 0 aliphatic carbocycles. The summed E-state index contributed by atoms with van der Waals surface area (Å²) in [5.41, 5.74) is 0.928. The van der Waals surface area contributed by atoms with Gasteiger partial charge in [-0.2, -0.15) is 18.3 Å². The van der Waals surface area contributed by atoms with E-state index in [1.54, 1.807) is 4.68 Å². The highest BCUT2D eigenvalue weighted by molar-refractivity contribution is 5.01. The van der Waals surface area contributed by atoms with Crippen molar-refractivity contribution in [2.75, 3.05) is 19.8 Å². The van der Waals surface area contributed by atoms with Gasteiger partial charge in [0.25, 0.3) is 0 Å². The number of nitrogens with zero attached hydrogens (tertiary/aromatic N) is 2. The van der Waals surface area contributed by atoms with Crippen LogP contribution in [0.2, 0.25) is 0 Å².